The lowest BCUT2D eigenvalue weighted by molar-refractivity contribution is 0.552. The summed E-state index contributed by atoms with van der Waals surface area (Å²) < 4.78 is 28.9. The highest BCUT2D eigenvalue weighted by molar-refractivity contribution is 7.89. The van der Waals surface area contributed by atoms with Crippen LogP contribution in [-0.4, -0.2) is 30.9 Å². The third kappa shape index (κ3) is 2.23. The van der Waals surface area contributed by atoms with E-state index in [0.717, 1.165) is 6.42 Å². The van der Waals surface area contributed by atoms with Gasteiger partial charge in [0.1, 0.15) is 0 Å². The Hall–Kier alpha value is -1.12. The molecule has 1 atom stereocenters. The van der Waals surface area contributed by atoms with Gasteiger partial charge in [0.2, 0.25) is 0 Å². The Balaban J connectivity index is 2.54. The highest BCUT2D eigenvalue weighted by atomic mass is 32.2. The van der Waals surface area contributed by atoms with Gasteiger partial charge in [-0.15, -0.1) is 11.3 Å². The van der Waals surface area contributed by atoms with Crippen LogP contribution in [0.25, 0.3) is 4.96 Å². The predicted octanol–water partition coefficient (Wildman–Crippen LogP) is 1.51. The Morgan fingerprint density at radius 1 is 1.56 bits per heavy atom. The Bertz CT molecular complexity index is 644. The van der Waals surface area contributed by atoms with E-state index in [4.69, 9.17) is 0 Å². The first kappa shape index (κ1) is 13.3. The second-order valence-electron chi connectivity index (χ2n) is 4.00. The fourth-order valence-corrected chi connectivity index (χ4v) is 3.98. The largest absolute Gasteiger partial charge is 0.371 e. The van der Waals surface area contributed by atoms with Crippen molar-refractivity contribution >= 4 is 32.1 Å². The molecule has 0 fully saturated rings. The van der Waals surface area contributed by atoms with E-state index in [1.54, 1.807) is 17.6 Å². The molecule has 0 aromatic carbocycles. The normalized spacial score (nSPS) is 13.9. The molecule has 6 nitrogen and oxygen atoms in total. The van der Waals surface area contributed by atoms with Crippen LogP contribution in [0, 0.1) is 0 Å². The zero-order chi connectivity index (χ0) is 13.3. The number of imidazole rings is 1. The molecule has 0 aliphatic carbocycles. The maximum atomic E-state index is 12.3. The number of thiazole rings is 1. The van der Waals surface area contributed by atoms with Crippen LogP contribution in [0.4, 0.5) is 5.82 Å². The van der Waals surface area contributed by atoms with Gasteiger partial charge in [-0.2, -0.15) is 0 Å². The van der Waals surface area contributed by atoms with Gasteiger partial charge in [0.25, 0.3) is 10.0 Å². The van der Waals surface area contributed by atoms with E-state index in [9.17, 15) is 8.42 Å². The molecule has 0 saturated carbocycles. The van der Waals surface area contributed by atoms with Crippen molar-refractivity contribution in [3.8, 4) is 0 Å². The molecule has 2 heterocycles. The molecule has 0 spiro atoms. The monoisotopic (exact) mass is 288 g/mol. The summed E-state index contributed by atoms with van der Waals surface area (Å²) in [7, 11) is -1.91. The number of fused-ring (bicyclic) bond motifs is 1. The summed E-state index contributed by atoms with van der Waals surface area (Å²) in [6.07, 6.45) is 2.44. The second-order valence-corrected chi connectivity index (χ2v) is 6.50. The van der Waals surface area contributed by atoms with Crippen molar-refractivity contribution in [2.45, 2.75) is 31.3 Å². The van der Waals surface area contributed by atoms with Crippen LogP contribution in [0.3, 0.4) is 0 Å². The molecule has 0 radical (unpaired) electrons. The minimum atomic E-state index is -3.57. The van der Waals surface area contributed by atoms with Crippen LogP contribution in [0.5, 0.6) is 0 Å². The molecule has 100 valence electrons. The highest BCUT2D eigenvalue weighted by Gasteiger charge is 2.26. The van der Waals surface area contributed by atoms with Gasteiger partial charge in [-0.3, -0.25) is 4.40 Å². The van der Waals surface area contributed by atoms with Gasteiger partial charge in [-0.05, 0) is 13.3 Å². The zero-order valence-electron chi connectivity index (χ0n) is 10.5. The van der Waals surface area contributed by atoms with E-state index in [2.05, 4.69) is 15.0 Å². The summed E-state index contributed by atoms with van der Waals surface area (Å²) in [5.74, 6) is 0.373. The van der Waals surface area contributed by atoms with Gasteiger partial charge >= 0.3 is 0 Å². The van der Waals surface area contributed by atoms with Crippen molar-refractivity contribution in [1.82, 2.24) is 14.1 Å². The summed E-state index contributed by atoms with van der Waals surface area (Å²) in [5.41, 5.74) is 0. The van der Waals surface area contributed by atoms with Crippen LogP contribution in [0.15, 0.2) is 16.6 Å². The summed E-state index contributed by atoms with van der Waals surface area (Å²) in [6.45, 7) is 3.77. The van der Waals surface area contributed by atoms with Gasteiger partial charge in [0, 0.05) is 24.7 Å². The maximum Gasteiger partial charge on any atom is 0.260 e. The average molecular weight is 288 g/mol. The number of nitrogens with one attached hydrogen (secondary N) is 2. The van der Waals surface area contributed by atoms with Gasteiger partial charge in [-0.25, -0.2) is 18.1 Å². The molecule has 2 aromatic rings. The van der Waals surface area contributed by atoms with Crippen molar-refractivity contribution in [3.05, 3.63) is 11.6 Å². The minimum Gasteiger partial charge on any atom is -0.371 e. The Labute approximate surface area is 110 Å². The predicted molar refractivity (Wildman–Crippen MR) is 72.7 cm³/mol. The van der Waals surface area contributed by atoms with E-state index in [-0.39, 0.29) is 11.1 Å². The van der Waals surface area contributed by atoms with Gasteiger partial charge in [0.05, 0.1) is 0 Å². The molecule has 18 heavy (non-hydrogen) atoms. The fourth-order valence-electron chi connectivity index (χ4n) is 1.59. The molecule has 0 aliphatic rings. The smallest absolute Gasteiger partial charge is 0.260 e. The third-order valence-corrected chi connectivity index (χ3v) is 5.05. The Kier molecular flexibility index (Phi) is 3.60. The molecule has 8 heteroatoms. The topological polar surface area (TPSA) is 75.5 Å². The quantitative estimate of drug-likeness (QED) is 0.874. The lowest BCUT2D eigenvalue weighted by Gasteiger charge is -2.12. The van der Waals surface area contributed by atoms with Gasteiger partial charge in [0.15, 0.2) is 15.8 Å². The van der Waals surface area contributed by atoms with E-state index in [1.165, 1.54) is 11.3 Å². The fraction of sp³-hybridized carbons (Fsp3) is 0.500. The molecule has 2 aromatic heterocycles. The van der Waals surface area contributed by atoms with Crippen LogP contribution in [0.2, 0.25) is 0 Å². The second kappa shape index (κ2) is 4.87. The number of sulfonamides is 1. The van der Waals surface area contributed by atoms with Crippen LogP contribution in [-0.2, 0) is 10.0 Å². The SMILES string of the molecule is CCC(C)NS(=O)(=O)c1c(NC)nc2sccn12. The number of hydrogen-bond donors (Lipinski definition) is 2. The first-order chi connectivity index (χ1) is 8.49. The van der Waals surface area contributed by atoms with E-state index in [1.807, 2.05) is 19.2 Å². The van der Waals surface area contributed by atoms with Crippen LogP contribution >= 0.6 is 11.3 Å². The highest BCUT2D eigenvalue weighted by Crippen LogP contribution is 2.25. The summed E-state index contributed by atoms with van der Waals surface area (Å²) in [4.78, 5) is 4.90. The Morgan fingerprint density at radius 3 is 2.89 bits per heavy atom. The van der Waals surface area contributed by atoms with Gasteiger partial charge < -0.3 is 5.32 Å². The number of anilines is 1. The molecule has 0 saturated heterocycles. The van der Waals surface area contributed by atoms with E-state index < -0.39 is 10.0 Å². The summed E-state index contributed by atoms with van der Waals surface area (Å²) in [6, 6.07) is -0.108. The van der Waals surface area contributed by atoms with Gasteiger partial charge in [-0.1, -0.05) is 6.92 Å². The number of hydrogen-bond acceptors (Lipinski definition) is 5. The molecular formula is C10H16N4O2S2. The lowest BCUT2D eigenvalue weighted by atomic mass is 10.3. The molecule has 0 aliphatic heterocycles. The number of aromatic nitrogens is 2. The van der Waals surface area contributed by atoms with E-state index in [0.29, 0.717) is 10.8 Å². The molecular weight excluding hydrogens is 272 g/mol. The standard InChI is InChI=1S/C10H16N4O2S2/c1-4-7(2)13-18(15,16)9-8(11-3)12-10-14(9)5-6-17-10/h5-7,11,13H,4H2,1-3H3. The molecule has 1 unspecified atom stereocenters. The molecule has 2 N–H and O–H groups in total. The number of nitrogens with zero attached hydrogens (tertiary/aromatic N) is 2. The third-order valence-electron chi connectivity index (χ3n) is 2.68. The molecule has 0 amide bonds. The first-order valence-corrected chi connectivity index (χ1v) is 8.01. The zero-order valence-corrected chi connectivity index (χ0v) is 12.1. The first-order valence-electron chi connectivity index (χ1n) is 5.65. The van der Waals surface area contributed by atoms with Crippen molar-refractivity contribution in [3.63, 3.8) is 0 Å². The average Bonchev–Trinajstić information content (AvgIpc) is 2.86. The summed E-state index contributed by atoms with van der Waals surface area (Å²) in [5, 5.41) is 4.80. The van der Waals surface area contributed by atoms with Crippen molar-refractivity contribution in [1.29, 1.82) is 0 Å². The summed E-state index contributed by atoms with van der Waals surface area (Å²) >= 11 is 1.40. The Morgan fingerprint density at radius 2 is 2.28 bits per heavy atom. The van der Waals surface area contributed by atoms with Crippen molar-refractivity contribution in [2.24, 2.45) is 0 Å². The van der Waals surface area contributed by atoms with Crippen molar-refractivity contribution < 1.29 is 8.42 Å². The molecule has 2 rings (SSSR count). The van der Waals surface area contributed by atoms with Crippen LogP contribution in [0.1, 0.15) is 20.3 Å². The number of rotatable bonds is 5. The lowest BCUT2D eigenvalue weighted by Crippen LogP contribution is -2.33. The van der Waals surface area contributed by atoms with Crippen molar-refractivity contribution in [2.75, 3.05) is 12.4 Å². The minimum absolute atomic E-state index is 0.108. The van der Waals surface area contributed by atoms with E-state index >= 15 is 0 Å². The van der Waals surface area contributed by atoms with Crippen LogP contribution < -0.4 is 10.0 Å². The maximum absolute atomic E-state index is 12.3. The molecule has 0 bridgehead atoms.